The second-order valence-corrected chi connectivity index (χ2v) is 4.98. The summed E-state index contributed by atoms with van der Waals surface area (Å²) >= 11 is 0. The Morgan fingerprint density at radius 1 is 1.37 bits per heavy atom. The zero-order valence-electron chi connectivity index (χ0n) is 11.7. The molecular formula is C13H22N4O2. The van der Waals surface area contributed by atoms with Gasteiger partial charge in [0.2, 0.25) is 0 Å². The first kappa shape index (κ1) is 14.0. The van der Waals surface area contributed by atoms with Crippen molar-refractivity contribution in [2.24, 2.45) is 0 Å². The van der Waals surface area contributed by atoms with E-state index in [1.165, 1.54) is 0 Å². The van der Waals surface area contributed by atoms with Gasteiger partial charge in [0.25, 0.3) is 0 Å². The molecule has 0 spiro atoms. The van der Waals surface area contributed by atoms with Gasteiger partial charge in [-0.3, -0.25) is 0 Å². The molecule has 1 saturated heterocycles. The van der Waals surface area contributed by atoms with Crippen LogP contribution < -0.4 is 10.6 Å². The van der Waals surface area contributed by atoms with Crippen LogP contribution in [0.25, 0.3) is 0 Å². The van der Waals surface area contributed by atoms with Gasteiger partial charge in [-0.25, -0.2) is 9.97 Å². The highest BCUT2D eigenvalue weighted by Crippen LogP contribution is 2.17. The van der Waals surface area contributed by atoms with E-state index in [1.807, 2.05) is 6.07 Å². The smallest absolute Gasteiger partial charge is 0.131 e. The molecule has 1 aliphatic heterocycles. The summed E-state index contributed by atoms with van der Waals surface area (Å²) in [5.41, 5.74) is 0. The standard InChI is InChI=1S/C13H22N4O2/c1-9(2)16-12-6-13(15-8-14-12)17-10-4-5-19-7-11(10)18-3/h6,8-11H,4-5,7H2,1-3H3,(H2,14,15,16,17)/t10-,11-/m0/s1. The van der Waals surface area contributed by atoms with Crippen LogP contribution in [0.2, 0.25) is 0 Å². The molecule has 1 aromatic rings. The first-order chi connectivity index (χ1) is 9.19. The van der Waals surface area contributed by atoms with E-state index in [2.05, 4.69) is 34.4 Å². The van der Waals surface area contributed by atoms with Gasteiger partial charge in [-0.2, -0.15) is 0 Å². The van der Waals surface area contributed by atoms with E-state index in [-0.39, 0.29) is 12.1 Å². The Balaban J connectivity index is 2.01. The summed E-state index contributed by atoms with van der Waals surface area (Å²) in [4.78, 5) is 8.44. The number of aromatic nitrogens is 2. The number of nitrogens with zero attached hydrogens (tertiary/aromatic N) is 2. The third-order valence-electron chi connectivity index (χ3n) is 3.04. The lowest BCUT2D eigenvalue weighted by Crippen LogP contribution is -2.43. The van der Waals surface area contributed by atoms with Gasteiger partial charge < -0.3 is 20.1 Å². The molecule has 19 heavy (non-hydrogen) atoms. The normalized spacial score (nSPS) is 23.4. The molecular weight excluding hydrogens is 244 g/mol. The van der Waals surface area contributed by atoms with Gasteiger partial charge in [-0.05, 0) is 20.3 Å². The lowest BCUT2D eigenvalue weighted by atomic mass is 10.1. The molecule has 1 fully saturated rings. The van der Waals surface area contributed by atoms with Crippen molar-refractivity contribution in [1.82, 2.24) is 9.97 Å². The fourth-order valence-electron chi connectivity index (χ4n) is 2.11. The highest BCUT2D eigenvalue weighted by atomic mass is 16.5. The van der Waals surface area contributed by atoms with Gasteiger partial charge in [0.05, 0.1) is 12.6 Å². The van der Waals surface area contributed by atoms with Crippen LogP contribution in [-0.2, 0) is 9.47 Å². The van der Waals surface area contributed by atoms with E-state index < -0.39 is 0 Å². The SMILES string of the molecule is CO[C@H]1COCC[C@@H]1Nc1cc(NC(C)C)ncn1. The predicted molar refractivity (Wildman–Crippen MR) is 74.4 cm³/mol. The molecule has 0 unspecified atom stereocenters. The van der Waals surface area contributed by atoms with Crippen molar-refractivity contribution in [3.63, 3.8) is 0 Å². The zero-order chi connectivity index (χ0) is 13.7. The predicted octanol–water partition coefficient (Wildman–Crippen LogP) is 1.51. The number of nitrogens with one attached hydrogen (secondary N) is 2. The Morgan fingerprint density at radius 3 is 2.89 bits per heavy atom. The van der Waals surface area contributed by atoms with Gasteiger partial charge in [-0.15, -0.1) is 0 Å². The Hall–Kier alpha value is -1.40. The quantitative estimate of drug-likeness (QED) is 0.842. The van der Waals surface area contributed by atoms with Crippen molar-refractivity contribution < 1.29 is 9.47 Å². The van der Waals surface area contributed by atoms with Crippen LogP contribution in [0.1, 0.15) is 20.3 Å². The maximum Gasteiger partial charge on any atom is 0.131 e. The van der Waals surface area contributed by atoms with E-state index in [9.17, 15) is 0 Å². The topological polar surface area (TPSA) is 68.3 Å². The summed E-state index contributed by atoms with van der Waals surface area (Å²) < 4.78 is 10.8. The van der Waals surface area contributed by atoms with E-state index in [0.29, 0.717) is 12.6 Å². The highest BCUT2D eigenvalue weighted by molar-refractivity contribution is 5.47. The lowest BCUT2D eigenvalue weighted by Gasteiger charge is -2.31. The number of hydrogen-bond donors (Lipinski definition) is 2. The van der Waals surface area contributed by atoms with E-state index in [4.69, 9.17) is 9.47 Å². The van der Waals surface area contributed by atoms with Gasteiger partial charge in [0.15, 0.2) is 0 Å². The molecule has 0 aliphatic carbocycles. The highest BCUT2D eigenvalue weighted by Gasteiger charge is 2.25. The first-order valence-electron chi connectivity index (χ1n) is 6.64. The van der Waals surface area contributed by atoms with E-state index in [1.54, 1.807) is 13.4 Å². The third kappa shape index (κ3) is 4.04. The van der Waals surface area contributed by atoms with Crippen LogP contribution >= 0.6 is 0 Å². The third-order valence-corrected chi connectivity index (χ3v) is 3.04. The van der Waals surface area contributed by atoms with Gasteiger partial charge in [0.1, 0.15) is 24.1 Å². The molecule has 0 amide bonds. The number of ether oxygens (including phenoxy) is 2. The van der Waals surface area contributed by atoms with Crippen LogP contribution in [0.15, 0.2) is 12.4 Å². The van der Waals surface area contributed by atoms with Crippen LogP contribution in [-0.4, -0.2) is 48.5 Å². The molecule has 1 aliphatic rings. The zero-order valence-corrected chi connectivity index (χ0v) is 11.7. The monoisotopic (exact) mass is 266 g/mol. The molecule has 106 valence electrons. The maximum atomic E-state index is 5.42. The minimum atomic E-state index is 0.0604. The maximum absolute atomic E-state index is 5.42. The Bertz CT molecular complexity index is 400. The first-order valence-corrected chi connectivity index (χ1v) is 6.64. The molecule has 0 radical (unpaired) electrons. The van der Waals surface area contributed by atoms with Crippen molar-refractivity contribution in [3.8, 4) is 0 Å². The second-order valence-electron chi connectivity index (χ2n) is 4.98. The minimum absolute atomic E-state index is 0.0604. The molecule has 0 bridgehead atoms. The van der Waals surface area contributed by atoms with Crippen molar-refractivity contribution in [3.05, 3.63) is 12.4 Å². The lowest BCUT2D eigenvalue weighted by molar-refractivity contribution is -0.0367. The van der Waals surface area contributed by atoms with Crippen molar-refractivity contribution in [1.29, 1.82) is 0 Å². The molecule has 0 aromatic carbocycles. The summed E-state index contributed by atoms with van der Waals surface area (Å²) in [6.07, 6.45) is 2.54. The molecule has 2 heterocycles. The van der Waals surface area contributed by atoms with Gasteiger partial charge in [-0.1, -0.05) is 0 Å². The average molecular weight is 266 g/mol. The van der Waals surface area contributed by atoms with Crippen LogP contribution in [0.5, 0.6) is 0 Å². The number of rotatable bonds is 5. The van der Waals surface area contributed by atoms with E-state index in [0.717, 1.165) is 24.7 Å². The summed E-state index contributed by atoms with van der Waals surface area (Å²) in [7, 11) is 1.71. The minimum Gasteiger partial charge on any atom is -0.379 e. The summed E-state index contributed by atoms with van der Waals surface area (Å²) in [5.74, 6) is 1.64. The Labute approximate surface area is 113 Å². The van der Waals surface area contributed by atoms with Gasteiger partial charge in [0, 0.05) is 25.8 Å². The average Bonchev–Trinajstić information content (AvgIpc) is 2.39. The largest absolute Gasteiger partial charge is 0.379 e. The fourth-order valence-corrected chi connectivity index (χ4v) is 2.11. The summed E-state index contributed by atoms with van der Waals surface area (Å²) in [5, 5.41) is 6.66. The van der Waals surface area contributed by atoms with Crippen molar-refractivity contribution in [2.45, 2.75) is 38.5 Å². The van der Waals surface area contributed by atoms with E-state index >= 15 is 0 Å². The molecule has 2 atom stereocenters. The van der Waals surface area contributed by atoms with Crippen molar-refractivity contribution in [2.75, 3.05) is 31.0 Å². The molecule has 6 heteroatoms. The fraction of sp³-hybridized carbons (Fsp3) is 0.692. The van der Waals surface area contributed by atoms with Crippen LogP contribution in [0.4, 0.5) is 11.6 Å². The molecule has 0 saturated carbocycles. The summed E-state index contributed by atoms with van der Waals surface area (Å²) in [6.45, 7) is 5.53. The second kappa shape index (κ2) is 6.68. The molecule has 2 rings (SSSR count). The number of methoxy groups -OCH3 is 1. The van der Waals surface area contributed by atoms with Gasteiger partial charge >= 0.3 is 0 Å². The summed E-state index contributed by atoms with van der Waals surface area (Å²) in [6, 6.07) is 2.49. The Morgan fingerprint density at radius 2 is 2.16 bits per heavy atom. The van der Waals surface area contributed by atoms with Crippen LogP contribution in [0, 0.1) is 0 Å². The number of hydrogen-bond acceptors (Lipinski definition) is 6. The van der Waals surface area contributed by atoms with Crippen LogP contribution in [0.3, 0.4) is 0 Å². The molecule has 6 nitrogen and oxygen atoms in total. The Kier molecular flexibility index (Phi) is 4.93. The molecule has 2 N–H and O–H groups in total. The van der Waals surface area contributed by atoms with Crippen molar-refractivity contribution >= 4 is 11.6 Å². The number of anilines is 2. The molecule has 1 aromatic heterocycles.